The minimum Gasteiger partial charge on any atom is -0.595 e. The number of nitrogens with one attached hydrogen (secondary N) is 1. The molecule has 0 saturated carbocycles. The summed E-state index contributed by atoms with van der Waals surface area (Å²) in [5, 5.41) is 19.2. The van der Waals surface area contributed by atoms with Gasteiger partial charge in [0.1, 0.15) is 17.1 Å². The highest BCUT2D eigenvalue weighted by molar-refractivity contribution is 9.10. The third kappa shape index (κ3) is 4.28. The molecule has 0 aliphatic rings. The molecule has 3 aromatic carbocycles. The van der Waals surface area contributed by atoms with Crippen LogP contribution in [0, 0.1) is 12.1 Å². The van der Waals surface area contributed by atoms with Crippen LogP contribution in [0.15, 0.2) is 80.4 Å². The first-order valence-corrected chi connectivity index (χ1v) is 10.0. The summed E-state index contributed by atoms with van der Waals surface area (Å²) in [7, 11) is 0. The first-order chi connectivity index (χ1) is 14.8. The molecule has 0 spiro atoms. The van der Waals surface area contributed by atoms with Crippen molar-refractivity contribution in [1.29, 1.82) is 0 Å². The van der Waals surface area contributed by atoms with Gasteiger partial charge in [-0.3, -0.25) is 4.79 Å². The van der Waals surface area contributed by atoms with Gasteiger partial charge in [-0.1, -0.05) is 28.1 Å². The van der Waals surface area contributed by atoms with Crippen LogP contribution in [0.2, 0.25) is 0 Å². The minimum atomic E-state index is -1.08. The van der Waals surface area contributed by atoms with Gasteiger partial charge in [0.25, 0.3) is 0 Å². The number of benzene rings is 3. The van der Waals surface area contributed by atoms with Crippen LogP contribution < -0.4 is 15.4 Å². The van der Waals surface area contributed by atoms with Crippen LogP contribution in [0.3, 0.4) is 0 Å². The molecular formula is C23H16BrNO6. The summed E-state index contributed by atoms with van der Waals surface area (Å²) < 4.78 is 12.1. The second-order valence-electron chi connectivity index (χ2n) is 6.80. The minimum absolute atomic E-state index is 0.0704. The van der Waals surface area contributed by atoms with Crippen molar-refractivity contribution in [3.8, 4) is 16.9 Å². The van der Waals surface area contributed by atoms with Crippen LogP contribution in [0.4, 0.5) is 5.69 Å². The summed E-state index contributed by atoms with van der Waals surface area (Å²) in [4.78, 5) is 25.4. The molecule has 0 amide bonds. The zero-order valence-corrected chi connectivity index (χ0v) is 17.8. The van der Waals surface area contributed by atoms with Gasteiger partial charge in [0, 0.05) is 22.7 Å². The van der Waals surface area contributed by atoms with Crippen molar-refractivity contribution in [1.82, 2.24) is 0 Å². The van der Waals surface area contributed by atoms with E-state index in [-0.39, 0.29) is 22.4 Å². The molecule has 1 aromatic heterocycles. The molecular weight excluding hydrogens is 466 g/mol. The molecule has 4 aromatic rings. The largest absolute Gasteiger partial charge is 0.595 e. The van der Waals surface area contributed by atoms with Gasteiger partial charge in [0.05, 0.1) is 16.5 Å². The van der Waals surface area contributed by atoms with E-state index in [1.54, 1.807) is 13.0 Å². The molecule has 1 heterocycles. The van der Waals surface area contributed by atoms with Crippen molar-refractivity contribution in [2.75, 3.05) is 0 Å². The Hall–Kier alpha value is -3.30. The molecule has 8 heteroatoms. The summed E-state index contributed by atoms with van der Waals surface area (Å²) in [5.41, 5.74) is 1.62. The van der Waals surface area contributed by atoms with E-state index in [0.29, 0.717) is 22.3 Å². The van der Waals surface area contributed by atoms with Gasteiger partial charge >= 0.3 is 5.97 Å². The Bertz CT molecular complexity index is 1330. The molecule has 31 heavy (non-hydrogen) atoms. The van der Waals surface area contributed by atoms with Gasteiger partial charge in [-0.25, -0.2) is 10.0 Å². The predicted octanol–water partition coefficient (Wildman–Crippen LogP) is 4.15. The standard InChI is InChI=1S/C23H16BrNO6/c1-13-21(14-2-6-16(24)7-3-14)22(26)19-11-10-18(12-20(19)30-13)31-23(27)15-4-8-17(9-5-15)25(28)29/h2-12,25,28H,1H3. The van der Waals surface area contributed by atoms with E-state index in [0.717, 1.165) is 10.0 Å². The number of carbonyl (C=O) groups excluding carboxylic acids is 1. The zero-order valence-electron chi connectivity index (χ0n) is 16.2. The number of ether oxygens (including phenoxy) is 1. The van der Waals surface area contributed by atoms with Crippen LogP contribution in [-0.2, 0) is 0 Å². The molecule has 0 radical (unpaired) electrons. The summed E-state index contributed by atoms with van der Waals surface area (Å²) >= 11 is 3.38. The third-order valence-electron chi connectivity index (χ3n) is 4.75. The third-order valence-corrected chi connectivity index (χ3v) is 5.28. The van der Waals surface area contributed by atoms with E-state index in [9.17, 15) is 14.8 Å². The number of aryl methyl sites for hydroxylation is 1. The van der Waals surface area contributed by atoms with Gasteiger partial charge in [-0.2, -0.15) is 5.23 Å². The van der Waals surface area contributed by atoms with Crippen LogP contribution >= 0.6 is 15.9 Å². The molecule has 4 rings (SSSR count). The number of hydrogen-bond acceptors (Lipinski definition) is 6. The quantitative estimate of drug-likeness (QED) is 0.257. The molecule has 2 N–H and O–H groups in total. The van der Waals surface area contributed by atoms with E-state index in [1.807, 2.05) is 24.3 Å². The Balaban J connectivity index is 1.65. The molecule has 0 aliphatic heterocycles. The predicted molar refractivity (Wildman–Crippen MR) is 118 cm³/mol. The lowest BCUT2D eigenvalue weighted by Crippen LogP contribution is -2.99. The SMILES string of the molecule is Cc1oc2cc(OC(=O)c3ccc([NH+]([O-])O)cc3)ccc2c(=O)c1-c1ccc(Br)cc1. The first-order valence-electron chi connectivity index (χ1n) is 9.22. The van der Waals surface area contributed by atoms with Crippen LogP contribution in [0.1, 0.15) is 16.1 Å². The Labute approximate surface area is 184 Å². The van der Waals surface area contributed by atoms with Crippen molar-refractivity contribution in [2.45, 2.75) is 6.92 Å². The maximum Gasteiger partial charge on any atom is 0.343 e. The number of quaternary nitrogens is 1. The smallest absolute Gasteiger partial charge is 0.343 e. The highest BCUT2D eigenvalue weighted by Gasteiger charge is 2.16. The molecule has 0 fully saturated rings. The fourth-order valence-corrected chi connectivity index (χ4v) is 3.48. The monoisotopic (exact) mass is 481 g/mol. The van der Waals surface area contributed by atoms with Gasteiger partial charge in [-0.15, -0.1) is 0 Å². The lowest BCUT2D eigenvalue weighted by atomic mass is 10.0. The Morgan fingerprint density at radius 2 is 1.74 bits per heavy atom. The van der Waals surface area contributed by atoms with Crippen molar-refractivity contribution < 1.29 is 24.4 Å². The van der Waals surface area contributed by atoms with Gasteiger partial charge < -0.3 is 14.4 Å². The van der Waals surface area contributed by atoms with Crippen molar-refractivity contribution in [2.24, 2.45) is 0 Å². The number of hydrogen-bond donors (Lipinski definition) is 2. The summed E-state index contributed by atoms with van der Waals surface area (Å²) in [6.07, 6.45) is 0. The number of carbonyl (C=O) groups is 1. The van der Waals surface area contributed by atoms with E-state index < -0.39 is 11.2 Å². The van der Waals surface area contributed by atoms with Crippen molar-refractivity contribution >= 4 is 38.6 Å². The van der Waals surface area contributed by atoms with E-state index >= 15 is 0 Å². The lowest BCUT2D eigenvalue weighted by molar-refractivity contribution is -0.991. The Morgan fingerprint density at radius 1 is 1.06 bits per heavy atom. The molecule has 1 atom stereocenters. The van der Waals surface area contributed by atoms with Crippen LogP contribution in [0.25, 0.3) is 22.1 Å². The molecule has 7 nitrogen and oxygen atoms in total. The molecule has 0 aliphatic carbocycles. The number of halogens is 1. The van der Waals surface area contributed by atoms with E-state index in [4.69, 9.17) is 14.4 Å². The summed E-state index contributed by atoms with van der Waals surface area (Å²) in [6, 6.07) is 17.3. The maximum atomic E-state index is 13.0. The molecule has 0 bridgehead atoms. The number of fused-ring (bicyclic) bond motifs is 1. The van der Waals surface area contributed by atoms with Crippen molar-refractivity contribution in [3.05, 3.63) is 98.0 Å². The van der Waals surface area contributed by atoms with E-state index in [1.165, 1.54) is 36.4 Å². The maximum absolute atomic E-state index is 13.0. The summed E-state index contributed by atoms with van der Waals surface area (Å²) in [6.45, 7) is 1.71. The molecule has 156 valence electrons. The zero-order chi connectivity index (χ0) is 22.1. The molecule has 0 saturated heterocycles. The van der Waals surface area contributed by atoms with Gasteiger partial charge in [0.15, 0.2) is 5.69 Å². The van der Waals surface area contributed by atoms with Crippen LogP contribution in [0.5, 0.6) is 5.75 Å². The normalized spacial score (nSPS) is 12.0. The lowest BCUT2D eigenvalue weighted by Gasteiger charge is -2.11. The van der Waals surface area contributed by atoms with E-state index in [2.05, 4.69) is 15.9 Å². The second kappa shape index (κ2) is 8.44. The topological polar surface area (TPSA) is 104 Å². The van der Waals surface area contributed by atoms with Gasteiger partial charge in [-0.05, 0) is 48.9 Å². The highest BCUT2D eigenvalue weighted by Crippen LogP contribution is 2.27. The highest BCUT2D eigenvalue weighted by atomic mass is 79.9. The number of rotatable bonds is 4. The van der Waals surface area contributed by atoms with Crippen molar-refractivity contribution in [3.63, 3.8) is 0 Å². The second-order valence-corrected chi connectivity index (χ2v) is 7.71. The molecule has 1 unspecified atom stereocenters. The first kappa shape index (κ1) is 21.0. The number of esters is 1. The summed E-state index contributed by atoms with van der Waals surface area (Å²) in [5.74, 6) is 0.00755. The van der Waals surface area contributed by atoms with Gasteiger partial charge in [0.2, 0.25) is 5.43 Å². The fraction of sp³-hybridized carbons (Fsp3) is 0.0435. The Morgan fingerprint density at radius 3 is 2.39 bits per heavy atom. The fourth-order valence-electron chi connectivity index (χ4n) is 3.21. The average Bonchev–Trinajstić information content (AvgIpc) is 2.75. The average molecular weight is 482 g/mol. The van der Waals surface area contributed by atoms with Crippen LogP contribution in [-0.4, -0.2) is 11.2 Å². The Kier molecular flexibility index (Phi) is 5.71.